The van der Waals surface area contributed by atoms with Gasteiger partial charge in [0.15, 0.2) is 0 Å². The molecular formula is C13H16ClNO3S. The van der Waals surface area contributed by atoms with E-state index in [1.807, 2.05) is 12.1 Å². The molecular weight excluding hydrogens is 286 g/mol. The fourth-order valence-electron chi connectivity index (χ4n) is 1.28. The quantitative estimate of drug-likeness (QED) is 0.785. The summed E-state index contributed by atoms with van der Waals surface area (Å²) in [6.45, 7) is 2.57. The first-order valence-electron chi connectivity index (χ1n) is 5.86. The van der Waals surface area contributed by atoms with Gasteiger partial charge in [-0.15, -0.1) is 11.8 Å². The average Bonchev–Trinajstić information content (AvgIpc) is 2.38. The van der Waals surface area contributed by atoms with Crippen molar-refractivity contribution in [1.29, 1.82) is 0 Å². The van der Waals surface area contributed by atoms with Gasteiger partial charge in [0.2, 0.25) is 5.91 Å². The molecule has 0 aliphatic carbocycles. The van der Waals surface area contributed by atoms with Gasteiger partial charge in [0.05, 0.1) is 18.1 Å². The number of carbonyl (C=O) groups excluding carboxylic acids is 2. The maximum absolute atomic E-state index is 11.5. The second-order valence-electron chi connectivity index (χ2n) is 3.70. The molecule has 0 heterocycles. The first-order chi connectivity index (χ1) is 9.11. The molecule has 4 nitrogen and oxygen atoms in total. The molecule has 0 aliphatic rings. The summed E-state index contributed by atoms with van der Waals surface area (Å²) in [6.07, 6.45) is 0. The van der Waals surface area contributed by atoms with E-state index in [1.54, 1.807) is 19.1 Å². The minimum absolute atomic E-state index is 0.107. The Morgan fingerprint density at radius 1 is 1.26 bits per heavy atom. The number of hydrogen-bond acceptors (Lipinski definition) is 4. The summed E-state index contributed by atoms with van der Waals surface area (Å²) in [7, 11) is 0. The highest BCUT2D eigenvalue weighted by molar-refractivity contribution is 8.00. The van der Waals surface area contributed by atoms with Crippen LogP contribution in [0.2, 0.25) is 5.02 Å². The maximum atomic E-state index is 11.5. The van der Waals surface area contributed by atoms with Gasteiger partial charge in [-0.25, -0.2) is 0 Å². The number of thioether (sulfide) groups is 1. The maximum Gasteiger partial charge on any atom is 0.315 e. The molecule has 6 heteroatoms. The number of amides is 1. The average molecular weight is 302 g/mol. The second-order valence-corrected chi connectivity index (χ2v) is 5.12. The predicted octanol–water partition coefficient (Wildman–Crippen LogP) is 2.25. The van der Waals surface area contributed by atoms with Gasteiger partial charge in [-0.3, -0.25) is 9.59 Å². The van der Waals surface area contributed by atoms with E-state index < -0.39 is 0 Å². The molecule has 0 aliphatic heterocycles. The monoisotopic (exact) mass is 301 g/mol. The third kappa shape index (κ3) is 7.08. The molecule has 19 heavy (non-hydrogen) atoms. The summed E-state index contributed by atoms with van der Waals surface area (Å²) in [5.41, 5.74) is 0.980. The summed E-state index contributed by atoms with van der Waals surface area (Å²) in [4.78, 5) is 22.6. The Hall–Kier alpha value is -1.20. The van der Waals surface area contributed by atoms with Crippen LogP contribution in [0.3, 0.4) is 0 Å². The van der Waals surface area contributed by atoms with Crippen molar-refractivity contribution in [3.05, 3.63) is 34.9 Å². The van der Waals surface area contributed by atoms with Gasteiger partial charge >= 0.3 is 5.97 Å². The molecule has 1 rings (SSSR count). The highest BCUT2D eigenvalue weighted by Gasteiger charge is 2.05. The lowest BCUT2D eigenvalue weighted by atomic mass is 10.2. The van der Waals surface area contributed by atoms with Crippen molar-refractivity contribution in [1.82, 2.24) is 5.32 Å². The largest absolute Gasteiger partial charge is 0.465 e. The van der Waals surface area contributed by atoms with E-state index in [2.05, 4.69) is 5.32 Å². The van der Waals surface area contributed by atoms with Crippen LogP contribution in [-0.4, -0.2) is 30.0 Å². The molecule has 1 aromatic carbocycles. The highest BCUT2D eigenvalue weighted by atomic mass is 35.5. The van der Waals surface area contributed by atoms with E-state index in [9.17, 15) is 9.59 Å². The smallest absolute Gasteiger partial charge is 0.315 e. The zero-order valence-electron chi connectivity index (χ0n) is 10.6. The zero-order valence-corrected chi connectivity index (χ0v) is 12.2. The molecule has 0 radical (unpaired) electrons. The van der Waals surface area contributed by atoms with Crippen molar-refractivity contribution in [3.63, 3.8) is 0 Å². The Bertz CT molecular complexity index is 422. The zero-order chi connectivity index (χ0) is 14.1. The van der Waals surface area contributed by atoms with E-state index >= 15 is 0 Å². The topological polar surface area (TPSA) is 55.4 Å². The van der Waals surface area contributed by atoms with Crippen LogP contribution in [0.25, 0.3) is 0 Å². The fraction of sp³-hybridized carbons (Fsp3) is 0.385. The van der Waals surface area contributed by atoms with Crippen molar-refractivity contribution in [2.24, 2.45) is 0 Å². The Morgan fingerprint density at radius 3 is 2.58 bits per heavy atom. The van der Waals surface area contributed by atoms with Gasteiger partial charge in [-0.2, -0.15) is 0 Å². The molecule has 0 bridgehead atoms. The Morgan fingerprint density at radius 2 is 1.95 bits per heavy atom. The lowest BCUT2D eigenvalue weighted by molar-refractivity contribution is -0.139. The predicted molar refractivity (Wildman–Crippen MR) is 77.3 cm³/mol. The molecule has 1 aromatic rings. The molecule has 0 spiro atoms. The van der Waals surface area contributed by atoms with E-state index in [0.29, 0.717) is 18.2 Å². The van der Waals surface area contributed by atoms with E-state index in [0.717, 1.165) is 5.56 Å². The van der Waals surface area contributed by atoms with Gasteiger partial charge in [0.1, 0.15) is 0 Å². The number of benzene rings is 1. The number of rotatable bonds is 7. The second kappa shape index (κ2) is 8.82. The van der Waals surface area contributed by atoms with Crippen LogP contribution in [0, 0.1) is 0 Å². The minimum atomic E-state index is -0.294. The van der Waals surface area contributed by atoms with E-state index in [4.69, 9.17) is 16.3 Å². The molecule has 0 unspecified atom stereocenters. The van der Waals surface area contributed by atoms with Crippen molar-refractivity contribution in [3.8, 4) is 0 Å². The first kappa shape index (κ1) is 15.9. The van der Waals surface area contributed by atoms with Gasteiger partial charge in [0, 0.05) is 11.6 Å². The molecule has 0 saturated carbocycles. The third-order valence-corrected chi connectivity index (χ3v) is 3.32. The van der Waals surface area contributed by atoms with Crippen molar-refractivity contribution in [2.45, 2.75) is 13.5 Å². The number of esters is 1. The number of hydrogen-bond donors (Lipinski definition) is 1. The normalized spacial score (nSPS) is 10.0. The Labute approximate surface area is 121 Å². The number of nitrogens with one attached hydrogen (secondary N) is 1. The van der Waals surface area contributed by atoms with Crippen LogP contribution in [0.1, 0.15) is 12.5 Å². The summed E-state index contributed by atoms with van der Waals surface area (Å²) >= 11 is 7.00. The number of halogens is 1. The van der Waals surface area contributed by atoms with E-state index in [-0.39, 0.29) is 23.4 Å². The van der Waals surface area contributed by atoms with Crippen molar-refractivity contribution in [2.75, 3.05) is 18.1 Å². The highest BCUT2D eigenvalue weighted by Crippen LogP contribution is 2.09. The molecule has 104 valence electrons. The SMILES string of the molecule is CCOC(=O)CSCC(=O)NCc1ccc(Cl)cc1. The van der Waals surface area contributed by atoms with Gasteiger partial charge in [0.25, 0.3) is 0 Å². The van der Waals surface area contributed by atoms with Crippen LogP contribution in [0.15, 0.2) is 24.3 Å². The summed E-state index contributed by atoms with van der Waals surface area (Å²) in [6, 6.07) is 7.26. The summed E-state index contributed by atoms with van der Waals surface area (Å²) in [5.74, 6) is 0.0384. The lowest BCUT2D eigenvalue weighted by Gasteiger charge is -2.05. The van der Waals surface area contributed by atoms with Crippen LogP contribution in [0.5, 0.6) is 0 Å². The standard InChI is InChI=1S/C13H16ClNO3S/c1-2-18-13(17)9-19-8-12(16)15-7-10-3-5-11(14)6-4-10/h3-6H,2,7-9H2,1H3,(H,15,16). The van der Waals surface area contributed by atoms with E-state index in [1.165, 1.54) is 11.8 Å². The van der Waals surface area contributed by atoms with Crippen molar-refractivity contribution >= 4 is 35.2 Å². The molecule has 0 aromatic heterocycles. The lowest BCUT2D eigenvalue weighted by Crippen LogP contribution is -2.25. The van der Waals surface area contributed by atoms with Crippen LogP contribution in [0.4, 0.5) is 0 Å². The van der Waals surface area contributed by atoms with Crippen LogP contribution >= 0.6 is 23.4 Å². The number of ether oxygens (including phenoxy) is 1. The Balaban J connectivity index is 2.17. The first-order valence-corrected chi connectivity index (χ1v) is 7.39. The van der Waals surface area contributed by atoms with Gasteiger partial charge in [-0.05, 0) is 24.6 Å². The van der Waals surface area contributed by atoms with Crippen molar-refractivity contribution < 1.29 is 14.3 Å². The van der Waals surface area contributed by atoms with Crippen LogP contribution in [-0.2, 0) is 20.9 Å². The Kier molecular flexibility index (Phi) is 7.36. The molecule has 0 atom stereocenters. The summed E-state index contributed by atoms with van der Waals surface area (Å²) in [5, 5.41) is 3.44. The van der Waals surface area contributed by atoms with Crippen LogP contribution < -0.4 is 5.32 Å². The van der Waals surface area contributed by atoms with Gasteiger partial charge in [-0.1, -0.05) is 23.7 Å². The fourth-order valence-corrected chi connectivity index (χ4v) is 2.05. The molecule has 0 saturated heterocycles. The molecule has 1 amide bonds. The third-order valence-electron chi connectivity index (χ3n) is 2.16. The molecule has 1 N–H and O–H groups in total. The minimum Gasteiger partial charge on any atom is -0.465 e. The molecule has 0 fully saturated rings. The summed E-state index contributed by atoms with van der Waals surface area (Å²) < 4.78 is 4.76. The number of carbonyl (C=O) groups is 2. The van der Waals surface area contributed by atoms with Gasteiger partial charge < -0.3 is 10.1 Å².